The number of aryl methyl sites for hydroxylation is 1. The quantitative estimate of drug-likeness (QED) is 0.844. The average molecular weight is 252 g/mol. The minimum atomic E-state index is 0.347. The molecule has 2 nitrogen and oxygen atoms in total. The molecule has 0 bridgehead atoms. The molecule has 2 aromatic rings. The van der Waals surface area contributed by atoms with Gasteiger partial charge in [0.1, 0.15) is 5.75 Å². The van der Waals surface area contributed by atoms with Gasteiger partial charge in [-0.15, -0.1) is 0 Å². The number of aromatic nitrogens is 1. The fourth-order valence-electron chi connectivity index (χ4n) is 1.46. The number of phenols is 1. The van der Waals surface area contributed by atoms with Crippen LogP contribution in [0.4, 0.5) is 0 Å². The van der Waals surface area contributed by atoms with Crippen LogP contribution in [0.1, 0.15) is 12.5 Å². The molecule has 0 fully saturated rings. The van der Waals surface area contributed by atoms with Crippen molar-refractivity contribution in [3.05, 3.63) is 34.4 Å². The van der Waals surface area contributed by atoms with E-state index in [2.05, 4.69) is 20.9 Å². The lowest BCUT2D eigenvalue weighted by Gasteiger charge is -2.04. The summed E-state index contributed by atoms with van der Waals surface area (Å²) in [6.45, 7) is 2.01. The summed E-state index contributed by atoms with van der Waals surface area (Å²) in [5, 5.41) is 10.6. The zero-order chi connectivity index (χ0) is 10.1. The number of nitrogens with zero attached hydrogens (tertiary/aromatic N) is 1. The Morgan fingerprint density at radius 3 is 2.86 bits per heavy atom. The van der Waals surface area contributed by atoms with Crippen molar-refractivity contribution >= 4 is 26.8 Å². The number of phenolic OH excluding ortho intramolecular Hbond substituents is 1. The zero-order valence-electron chi connectivity index (χ0n) is 7.79. The fraction of sp³-hybridized carbons (Fsp3) is 0.182. The highest BCUT2D eigenvalue weighted by Crippen LogP contribution is 2.25. The van der Waals surface area contributed by atoms with Gasteiger partial charge in [0.25, 0.3) is 0 Å². The number of fused-ring (bicyclic) bond motifs is 1. The lowest BCUT2D eigenvalue weighted by Crippen LogP contribution is -1.85. The molecule has 2 rings (SSSR count). The zero-order valence-corrected chi connectivity index (χ0v) is 9.37. The second-order valence-electron chi connectivity index (χ2n) is 3.18. The second kappa shape index (κ2) is 3.58. The SMILES string of the molecule is CCc1cc2ncc(Br)cc2cc1O. The van der Waals surface area contributed by atoms with E-state index in [0.29, 0.717) is 5.75 Å². The standard InChI is InChI=1S/C11H10BrNO/c1-2-7-4-10-8(5-11(7)14)3-9(12)6-13-10/h3-6,14H,2H2,1H3. The molecular weight excluding hydrogens is 242 g/mol. The molecule has 0 aliphatic rings. The number of aromatic hydroxyl groups is 1. The van der Waals surface area contributed by atoms with Crippen LogP contribution in [0.3, 0.4) is 0 Å². The number of pyridine rings is 1. The third-order valence-electron chi connectivity index (χ3n) is 2.23. The van der Waals surface area contributed by atoms with Crippen LogP contribution in [0, 0.1) is 0 Å². The van der Waals surface area contributed by atoms with Gasteiger partial charge in [0.15, 0.2) is 0 Å². The summed E-state index contributed by atoms with van der Waals surface area (Å²) in [4.78, 5) is 4.27. The Bertz CT molecular complexity index is 482. The molecule has 1 aromatic carbocycles. The maximum absolute atomic E-state index is 9.66. The topological polar surface area (TPSA) is 33.1 Å². The van der Waals surface area contributed by atoms with Crippen LogP contribution in [0.25, 0.3) is 10.9 Å². The summed E-state index contributed by atoms with van der Waals surface area (Å²) in [6.07, 6.45) is 2.58. The van der Waals surface area contributed by atoms with Crippen LogP contribution in [-0.2, 0) is 6.42 Å². The van der Waals surface area contributed by atoms with Crippen molar-refractivity contribution in [3.8, 4) is 5.75 Å². The van der Waals surface area contributed by atoms with E-state index in [9.17, 15) is 5.11 Å². The van der Waals surface area contributed by atoms with Crippen LogP contribution in [0.2, 0.25) is 0 Å². The van der Waals surface area contributed by atoms with Crippen LogP contribution in [0.5, 0.6) is 5.75 Å². The van der Waals surface area contributed by atoms with Gasteiger partial charge in [-0.2, -0.15) is 0 Å². The fourth-order valence-corrected chi connectivity index (χ4v) is 1.81. The van der Waals surface area contributed by atoms with E-state index in [0.717, 1.165) is 27.4 Å². The van der Waals surface area contributed by atoms with Crippen LogP contribution < -0.4 is 0 Å². The minimum Gasteiger partial charge on any atom is -0.508 e. The van der Waals surface area contributed by atoms with Crippen molar-refractivity contribution in [2.24, 2.45) is 0 Å². The van der Waals surface area contributed by atoms with Gasteiger partial charge in [-0.3, -0.25) is 4.98 Å². The highest BCUT2D eigenvalue weighted by atomic mass is 79.9. The number of hydrogen-bond acceptors (Lipinski definition) is 2. The molecule has 3 heteroatoms. The number of halogens is 1. The smallest absolute Gasteiger partial charge is 0.119 e. The Morgan fingerprint density at radius 1 is 1.36 bits per heavy atom. The summed E-state index contributed by atoms with van der Waals surface area (Å²) in [6, 6.07) is 5.63. The summed E-state index contributed by atoms with van der Waals surface area (Å²) in [5.41, 5.74) is 1.86. The molecule has 1 N–H and O–H groups in total. The van der Waals surface area contributed by atoms with Gasteiger partial charge in [-0.05, 0) is 46.1 Å². The lowest BCUT2D eigenvalue weighted by molar-refractivity contribution is 0.470. The third kappa shape index (κ3) is 1.60. The first-order chi connectivity index (χ1) is 6.70. The van der Waals surface area contributed by atoms with Gasteiger partial charge < -0.3 is 5.11 Å². The van der Waals surface area contributed by atoms with Crippen LogP contribution in [-0.4, -0.2) is 10.1 Å². The Kier molecular flexibility index (Phi) is 2.42. The van der Waals surface area contributed by atoms with Crippen molar-refractivity contribution in [3.63, 3.8) is 0 Å². The average Bonchev–Trinajstić information content (AvgIpc) is 2.16. The lowest BCUT2D eigenvalue weighted by atomic mass is 10.1. The summed E-state index contributed by atoms with van der Waals surface area (Å²) in [5.74, 6) is 0.347. The van der Waals surface area contributed by atoms with Crippen LogP contribution in [0.15, 0.2) is 28.9 Å². The van der Waals surface area contributed by atoms with Crippen molar-refractivity contribution in [2.45, 2.75) is 13.3 Å². The summed E-state index contributed by atoms with van der Waals surface area (Å²) >= 11 is 3.35. The molecule has 0 aliphatic heterocycles. The van der Waals surface area contributed by atoms with E-state index in [1.54, 1.807) is 12.3 Å². The number of benzene rings is 1. The second-order valence-corrected chi connectivity index (χ2v) is 4.10. The molecule has 0 radical (unpaired) electrons. The van der Waals surface area contributed by atoms with E-state index in [1.807, 2.05) is 19.1 Å². The Labute approximate surface area is 90.7 Å². The maximum atomic E-state index is 9.66. The normalized spacial score (nSPS) is 10.7. The van der Waals surface area contributed by atoms with Gasteiger partial charge in [-0.1, -0.05) is 6.92 Å². The predicted molar refractivity (Wildman–Crippen MR) is 60.5 cm³/mol. The largest absolute Gasteiger partial charge is 0.508 e. The van der Waals surface area contributed by atoms with E-state index in [4.69, 9.17) is 0 Å². The van der Waals surface area contributed by atoms with E-state index in [1.165, 1.54) is 0 Å². The highest BCUT2D eigenvalue weighted by molar-refractivity contribution is 9.10. The molecule has 72 valence electrons. The molecule has 0 atom stereocenters. The first kappa shape index (κ1) is 9.46. The van der Waals surface area contributed by atoms with Gasteiger partial charge in [-0.25, -0.2) is 0 Å². The van der Waals surface area contributed by atoms with Gasteiger partial charge in [0, 0.05) is 16.1 Å². The number of rotatable bonds is 1. The third-order valence-corrected chi connectivity index (χ3v) is 2.66. The van der Waals surface area contributed by atoms with Gasteiger partial charge >= 0.3 is 0 Å². The van der Waals surface area contributed by atoms with E-state index in [-0.39, 0.29) is 0 Å². The Hall–Kier alpha value is -1.09. The minimum absolute atomic E-state index is 0.347. The molecule has 1 aromatic heterocycles. The molecule has 0 spiro atoms. The number of hydrogen-bond donors (Lipinski definition) is 1. The highest BCUT2D eigenvalue weighted by Gasteiger charge is 2.03. The monoisotopic (exact) mass is 251 g/mol. The summed E-state index contributed by atoms with van der Waals surface area (Å²) in [7, 11) is 0. The molecule has 0 saturated carbocycles. The Balaban J connectivity index is 2.73. The van der Waals surface area contributed by atoms with Crippen molar-refractivity contribution in [2.75, 3.05) is 0 Å². The maximum Gasteiger partial charge on any atom is 0.119 e. The van der Waals surface area contributed by atoms with Crippen LogP contribution >= 0.6 is 15.9 Å². The molecule has 0 aliphatic carbocycles. The molecule has 0 saturated heterocycles. The first-order valence-electron chi connectivity index (χ1n) is 4.48. The predicted octanol–water partition coefficient (Wildman–Crippen LogP) is 3.27. The molecule has 14 heavy (non-hydrogen) atoms. The molecule has 0 amide bonds. The van der Waals surface area contributed by atoms with Crippen molar-refractivity contribution < 1.29 is 5.11 Å². The molecular formula is C11H10BrNO. The van der Waals surface area contributed by atoms with Crippen molar-refractivity contribution in [1.29, 1.82) is 0 Å². The van der Waals surface area contributed by atoms with Gasteiger partial charge in [0.05, 0.1) is 5.52 Å². The summed E-state index contributed by atoms with van der Waals surface area (Å²) < 4.78 is 0.925. The van der Waals surface area contributed by atoms with Gasteiger partial charge in [0.2, 0.25) is 0 Å². The molecule has 1 heterocycles. The molecule has 0 unspecified atom stereocenters. The first-order valence-corrected chi connectivity index (χ1v) is 5.27. The van der Waals surface area contributed by atoms with Crippen molar-refractivity contribution in [1.82, 2.24) is 4.98 Å². The van der Waals surface area contributed by atoms with E-state index < -0.39 is 0 Å². The Morgan fingerprint density at radius 2 is 2.14 bits per heavy atom. The van der Waals surface area contributed by atoms with E-state index >= 15 is 0 Å².